The van der Waals surface area contributed by atoms with E-state index in [0.29, 0.717) is 22.9 Å². The predicted octanol–water partition coefficient (Wildman–Crippen LogP) is 1.98. The maximum absolute atomic E-state index is 13.1. The van der Waals surface area contributed by atoms with Crippen molar-refractivity contribution in [3.8, 4) is 0 Å². The number of carbonyl (C=O) groups excluding carboxylic acids is 3. The van der Waals surface area contributed by atoms with E-state index in [1.165, 1.54) is 23.1 Å². The summed E-state index contributed by atoms with van der Waals surface area (Å²) in [6, 6.07) is -0.855. The Morgan fingerprint density at radius 3 is 2.84 bits per heavy atom. The van der Waals surface area contributed by atoms with Gasteiger partial charge >= 0.3 is 51.5 Å². The molecule has 2 N–H and O–H groups in total. The number of hydrogen-bond donors (Lipinski definition) is 2. The van der Waals surface area contributed by atoms with Crippen molar-refractivity contribution in [2.45, 2.75) is 57.8 Å². The molecule has 0 spiro atoms. The number of aromatic nitrogens is 1. The summed E-state index contributed by atoms with van der Waals surface area (Å²) >= 11 is 2.87. The minimum absolute atomic E-state index is 0. The number of carbonyl (C=O) groups is 3. The van der Waals surface area contributed by atoms with E-state index in [9.17, 15) is 14.4 Å². The maximum atomic E-state index is 13.1. The number of hydrogen-bond acceptors (Lipinski definition) is 8. The van der Waals surface area contributed by atoms with Crippen LogP contribution in [0.4, 0.5) is 0 Å². The van der Waals surface area contributed by atoms with E-state index in [-0.39, 0.29) is 77.6 Å². The molecule has 0 aromatic carbocycles. The average molecular weight is 552 g/mol. The fraction of sp³-hybridized carbons (Fsp3) is 0.524. The van der Waals surface area contributed by atoms with Gasteiger partial charge in [-0.25, -0.2) is 9.78 Å². The Balaban J connectivity index is 0.00000272. The molecule has 2 aliphatic heterocycles. The van der Waals surface area contributed by atoms with Gasteiger partial charge in [-0.15, -0.1) is 29.2 Å². The van der Waals surface area contributed by atoms with Gasteiger partial charge in [0.1, 0.15) is 33.4 Å². The van der Waals surface area contributed by atoms with E-state index in [4.69, 9.17) is 4.74 Å². The van der Waals surface area contributed by atoms with Crippen LogP contribution in [0.2, 0.25) is 0 Å². The molecular weight excluding hydrogens is 524 g/mol. The molecular formula is C21H28N4O4S2Sr. The monoisotopic (exact) mass is 552 g/mol. The number of fused-ring (bicyclic) bond motifs is 4. The molecule has 1 aromatic rings. The maximum Gasteiger partial charge on any atom is 2.00 e. The van der Waals surface area contributed by atoms with E-state index in [1.807, 2.05) is 19.2 Å². The molecule has 170 valence electrons. The second-order valence-corrected chi connectivity index (χ2v) is 9.88. The first-order valence-corrected chi connectivity index (χ1v) is 12.0. The largest absolute Gasteiger partial charge is 2.00 e. The van der Waals surface area contributed by atoms with E-state index < -0.39 is 23.7 Å². The zero-order valence-corrected chi connectivity index (χ0v) is 23.7. The van der Waals surface area contributed by atoms with Gasteiger partial charge in [-0.05, 0) is 12.8 Å². The summed E-state index contributed by atoms with van der Waals surface area (Å²) in [6.07, 6.45) is 3.11. The van der Waals surface area contributed by atoms with Gasteiger partial charge in [0.15, 0.2) is 0 Å². The molecule has 0 radical (unpaired) electrons. The van der Waals surface area contributed by atoms with Gasteiger partial charge in [0.25, 0.3) is 0 Å². The third-order valence-electron chi connectivity index (χ3n) is 4.91. The molecule has 3 heterocycles. The van der Waals surface area contributed by atoms with Crippen molar-refractivity contribution in [3.63, 3.8) is 0 Å². The molecule has 2 amide bonds. The number of cyclic esters (lactones) is 1. The molecule has 32 heavy (non-hydrogen) atoms. The minimum atomic E-state index is -1.00. The summed E-state index contributed by atoms with van der Waals surface area (Å²) in [7, 11) is 0. The summed E-state index contributed by atoms with van der Waals surface area (Å²) in [5.74, 6) is -0.935. The molecule has 3 rings (SSSR count). The SMILES string of the molecule is [CH2-]C/C=C/[C@@H]1CC(=O)NCc2nc(cs2)C2=N[C@@](C)(CS2)C(=O)NC(C(C)C)C(=O)O1.[H-].[Sr+2]. The first-order chi connectivity index (χ1) is 14.7. The summed E-state index contributed by atoms with van der Waals surface area (Å²) in [4.78, 5) is 47.6. The van der Waals surface area contributed by atoms with Gasteiger partial charge in [0.05, 0.1) is 13.0 Å². The molecule has 11 heteroatoms. The van der Waals surface area contributed by atoms with E-state index in [2.05, 4.69) is 27.5 Å². The van der Waals surface area contributed by atoms with Gasteiger partial charge in [-0.3, -0.25) is 14.6 Å². The fourth-order valence-electron chi connectivity index (χ4n) is 3.08. The summed E-state index contributed by atoms with van der Waals surface area (Å²) < 4.78 is 5.60. The average Bonchev–Trinajstić information content (AvgIpc) is 3.35. The number of allylic oxidation sites excluding steroid dienone is 1. The van der Waals surface area contributed by atoms with Gasteiger partial charge in [0.2, 0.25) is 11.8 Å². The number of thioether (sulfide) groups is 1. The smallest absolute Gasteiger partial charge is 1.00 e. The van der Waals surface area contributed by atoms with Crippen LogP contribution in [0, 0.1) is 12.8 Å². The second kappa shape index (κ2) is 12.1. The summed E-state index contributed by atoms with van der Waals surface area (Å²) in [6.45, 7) is 9.42. The zero-order valence-electron chi connectivity index (χ0n) is 19.6. The fourth-order valence-corrected chi connectivity index (χ4v) is 5.00. The van der Waals surface area contributed by atoms with Crippen LogP contribution < -0.4 is 10.6 Å². The number of esters is 1. The first-order valence-electron chi connectivity index (χ1n) is 10.1. The Morgan fingerprint density at radius 2 is 2.16 bits per heavy atom. The van der Waals surface area contributed by atoms with Crippen molar-refractivity contribution in [2.75, 3.05) is 5.75 Å². The van der Waals surface area contributed by atoms with E-state index in [1.54, 1.807) is 19.1 Å². The molecule has 1 unspecified atom stereocenters. The van der Waals surface area contributed by atoms with Gasteiger partial charge in [-0.2, -0.15) is 6.42 Å². The number of nitrogens with zero attached hydrogens (tertiary/aromatic N) is 2. The van der Waals surface area contributed by atoms with Crippen molar-refractivity contribution in [3.05, 3.63) is 35.2 Å². The van der Waals surface area contributed by atoms with Crippen molar-refractivity contribution >= 4 is 91.4 Å². The Hall–Kier alpha value is -0.719. The van der Waals surface area contributed by atoms with Crippen molar-refractivity contribution in [2.24, 2.45) is 10.9 Å². The second-order valence-electron chi connectivity index (χ2n) is 7.97. The molecule has 0 saturated carbocycles. The Bertz CT molecular complexity index is 924. The summed E-state index contributed by atoms with van der Waals surface area (Å²) in [5, 5.41) is 8.93. The normalized spacial score (nSPS) is 26.9. The molecule has 0 fully saturated rings. The van der Waals surface area contributed by atoms with E-state index in [0.717, 1.165) is 5.01 Å². The first kappa shape index (κ1) is 27.5. The zero-order chi connectivity index (χ0) is 22.6. The van der Waals surface area contributed by atoms with Crippen LogP contribution in [-0.4, -0.2) is 96.7 Å². The molecule has 0 saturated heterocycles. The van der Waals surface area contributed by atoms with Crippen LogP contribution in [0.1, 0.15) is 45.7 Å². The molecule has 0 aliphatic carbocycles. The number of rotatable bonds is 3. The van der Waals surface area contributed by atoms with Crippen molar-refractivity contribution in [1.29, 1.82) is 0 Å². The molecule has 1 aromatic heterocycles. The number of nitrogens with one attached hydrogen (secondary N) is 2. The number of aliphatic imine (C=N–C) groups is 1. The molecule has 8 nitrogen and oxygen atoms in total. The van der Waals surface area contributed by atoms with Gasteiger partial charge in [0, 0.05) is 11.1 Å². The van der Waals surface area contributed by atoms with E-state index >= 15 is 0 Å². The quantitative estimate of drug-likeness (QED) is 0.257. The van der Waals surface area contributed by atoms with Crippen molar-refractivity contribution in [1.82, 2.24) is 15.6 Å². The van der Waals surface area contributed by atoms with Crippen LogP contribution >= 0.6 is 23.1 Å². The topological polar surface area (TPSA) is 110 Å². The minimum Gasteiger partial charge on any atom is -1.00 e. The van der Waals surface area contributed by atoms with Crippen LogP contribution in [-0.2, 0) is 25.7 Å². The Morgan fingerprint density at radius 1 is 1.41 bits per heavy atom. The Labute approximate surface area is 235 Å². The van der Waals surface area contributed by atoms with Crippen LogP contribution in [0.5, 0.6) is 0 Å². The van der Waals surface area contributed by atoms with Crippen LogP contribution in [0.15, 0.2) is 22.5 Å². The number of ether oxygens (including phenoxy) is 1. The third kappa shape index (κ3) is 6.89. The van der Waals surface area contributed by atoms with Crippen LogP contribution in [0.3, 0.4) is 0 Å². The van der Waals surface area contributed by atoms with Crippen LogP contribution in [0.25, 0.3) is 0 Å². The Kier molecular flexibility index (Phi) is 10.4. The molecule has 2 aliphatic rings. The van der Waals surface area contributed by atoms with Crippen molar-refractivity contribution < 1.29 is 20.5 Å². The molecule has 4 bridgehead atoms. The van der Waals surface area contributed by atoms with Gasteiger partial charge < -0.3 is 23.7 Å². The van der Waals surface area contributed by atoms with Gasteiger partial charge in [-0.1, -0.05) is 19.9 Å². The predicted molar refractivity (Wildman–Crippen MR) is 129 cm³/mol. The number of thiazole rings is 1. The third-order valence-corrected chi connectivity index (χ3v) is 7.04. The number of amides is 2. The summed E-state index contributed by atoms with van der Waals surface area (Å²) in [5.41, 5.74) is -0.311. The molecule has 3 atom stereocenters. The standard InChI is InChI=1S/C21H27N4O4S2.Sr.H/c1-5-6-7-13-8-15(26)22-9-16-23-14(10-30-16)18-25-21(4,11-31-18)20(28)24-17(12(2)3)19(27)29-13;;/h6-7,10,12-13,17H,1,5,8-9,11H2,2-4H3,(H,22,26)(H,24,28);;/q-1;+2;-1/b7-6+;;/t13-,17?,21+;;/m1../s1.